The average molecular weight is 372 g/mol. The van der Waals surface area contributed by atoms with E-state index in [4.69, 9.17) is 12.2 Å². The van der Waals surface area contributed by atoms with E-state index in [9.17, 15) is 9.59 Å². The molecule has 128 valence electrons. The Hall–Kier alpha value is -2.51. The maximum atomic E-state index is 12.5. The zero-order chi connectivity index (χ0) is 18.0. The van der Waals surface area contributed by atoms with Gasteiger partial charge in [0, 0.05) is 15.5 Å². The van der Waals surface area contributed by atoms with Crippen molar-refractivity contribution in [2.75, 3.05) is 7.11 Å². The van der Waals surface area contributed by atoms with Crippen LogP contribution in [-0.4, -0.2) is 24.0 Å². The van der Waals surface area contributed by atoms with E-state index >= 15 is 0 Å². The second-order valence-corrected chi connectivity index (χ2v) is 6.98. The molecule has 0 unspecified atom stereocenters. The predicted octanol–water partition coefficient (Wildman–Crippen LogP) is 2.95. The van der Waals surface area contributed by atoms with Crippen LogP contribution in [0.25, 0.3) is 10.4 Å². The SMILES string of the molecule is COC(=O)C(=O)C1=C(C)NC(=S)N[C@H]1c1ccc(-c2ccccc2)s1. The zero-order valence-electron chi connectivity index (χ0n) is 13.7. The van der Waals surface area contributed by atoms with Gasteiger partial charge in [0.15, 0.2) is 5.11 Å². The van der Waals surface area contributed by atoms with E-state index < -0.39 is 17.8 Å². The molecular formula is C18H16N2O3S2. The number of nitrogens with one attached hydrogen (secondary N) is 2. The van der Waals surface area contributed by atoms with Crippen molar-refractivity contribution in [2.45, 2.75) is 13.0 Å². The van der Waals surface area contributed by atoms with Crippen LogP contribution in [0, 0.1) is 0 Å². The second-order valence-electron chi connectivity index (χ2n) is 5.46. The summed E-state index contributed by atoms with van der Waals surface area (Å²) >= 11 is 6.76. The Labute approximate surface area is 154 Å². The summed E-state index contributed by atoms with van der Waals surface area (Å²) in [6.07, 6.45) is 0. The fourth-order valence-electron chi connectivity index (χ4n) is 2.68. The molecule has 25 heavy (non-hydrogen) atoms. The lowest BCUT2D eigenvalue weighted by Crippen LogP contribution is -2.45. The standard InChI is InChI=1S/C18H16N2O3S2/c1-10-14(16(21)17(22)23-2)15(20-18(24)19-10)13-9-8-12(25-13)11-6-4-3-5-7-11/h3-9,15H,1-2H3,(H2,19,20,24)/t15-/m0/s1. The van der Waals surface area contributed by atoms with E-state index in [0.717, 1.165) is 15.3 Å². The number of thiophene rings is 1. The highest BCUT2D eigenvalue weighted by molar-refractivity contribution is 7.80. The van der Waals surface area contributed by atoms with Crippen molar-refractivity contribution in [1.29, 1.82) is 0 Å². The molecule has 2 aromatic rings. The highest BCUT2D eigenvalue weighted by atomic mass is 32.1. The largest absolute Gasteiger partial charge is 0.463 e. The van der Waals surface area contributed by atoms with Crippen LogP contribution in [0.15, 0.2) is 53.7 Å². The predicted molar refractivity (Wildman–Crippen MR) is 101 cm³/mol. The number of Topliss-reactive ketones (excluding diaryl/α,β-unsaturated/α-hetero) is 1. The summed E-state index contributed by atoms with van der Waals surface area (Å²) in [4.78, 5) is 26.2. The molecule has 0 aliphatic carbocycles. The smallest absolute Gasteiger partial charge is 0.379 e. The van der Waals surface area contributed by atoms with Crippen molar-refractivity contribution in [3.63, 3.8) is 0 Å². The number of thiocarbonyl (C=S) groups is 1. The van der Waals surface area contributed by atoms with Crippen LogP contribution in [0.1, 0.15) is 17.8 Å². The monoisotopic (exact) mass is 372 g/mol. The van der Waals surface area contributed by atoms with Crippen LogP contribution in [0.2, 0.25) is 0 Å². The lowest BCUT2D eigenvalue weighted by atomic mass is 9.97. The van der Waals surface area contributed by atoms with Crippen LogP contribution in [0.3, 0.4) is 0 Å². The summed E-state index contributed by atoms with van der Waals surface area (Å²) in [6, 6.07) is 13.4. The van der Waals surface area contributed by atoms with Crippen LogP contribution in [0.4, 0.5) is 0 Å². The topological polar surface area (TPSA) is 67.4 Å². The van der Waals surface area contributed by atoms with Gasteiger partial charge in [0.25, 0.3) is 5.78 Å². The number of carbonyl (C=O) groups excluding carboxylic acids is 2. The summed E-state index contributed by atoms with van der Waals surface area (Å²) in [5.74, 6) is -1.57. The molecule has 5 nitrogen and oxygen atoms in total. The Morgan fingerprint density at radius 3 is 2.56 bits per heavy atom. The first kappa shape index (κ1) is 17.3. The number of ether oxygens (including phenoxy) is 1. The molecule has 0 fully saturated rings. The van der Waals surface area contributed by atoms with Gasteiger partial charge in [0.1, 0.15) is 0 Å². The van der Waals surface area contributed by atoms with Crippen molar-refractivity contribution in [1.82, 2.24) is 10.6 Å². The number of hydrogen-bond donors (Lipinski definition) is 2. The van der Waals surface area contributed by atoms with Gasteiger partial charge in [-0.1, -0.05) is 30.3 Å². The first-order valence-corrected chi connectivity index (χ1v) is 8.80. The number of benzene rings is 1. The first-order valence-electron chi connectivity index (χ1n) is 7.57. The second kappa shape index (κ2) is 7.16. The molecule has 3 rings (SSSR count). The molecule has 0 spiro atoms. The fourth-order valence-corrected chi connectivity index (χ4v) is 4.02. The maximum absolute atomic E-state index is 12.5. The van der Waals surface area contributed by atoms with Gasteiger partial charge >= 0.3 is 5.97 Å². The van der Waals surface area contributed by atoms with Crippen molar-refractivity contribution in [3.8, 4) is 10.4 Å². The quantitative estimate of drug-likeness (QED) is 0.489. The number of hydrogen-bond acceptors (Lipinski definition) is 5. The number of methoxy groups -OCH3 is 1. The molecule has 2 N–H and O–H groups in total. The van der Waals surface area contributed by atoms with Crippen LogP contribution >= 0.6 is 23.6 Å². The van der Waals surface area contributed by atoms with Crippen molar-refractivity contribution >= 4 is 40.4 Å². The lowest BCUT2D eigenvalue weighted by molar-refractivity contribution is -0.150. The van der Waals surface area contributed by atoms with E-state index in [0.29, 0.717) is 16.4 Å². The molecule has 2 heterocycles. The Balaban J connectivity index is 2.00. The fraction of sp³-hybridized carbons (Fsp3) is 0.167. The third-order valence-electron chi connectivity index (χ3n) is 3.85. The highest BCUT2D eigenvalue weighted by Crippen LogP contribution is 2.36. The Morgan fingerprint density at radius 2 is 1.88 bits per heavy atom. The third-order valence-corrected chi connectivity index (χ3v) is 5.27. The Kier molecular flexibility index (Phi) is 4.96. The summed E-state index contributed by atoms with van der Waals surface area (Å²) in [6.45, 7) is 1.72. The minimum Gasteiger partial charge on any atom is -0.463 e. The third kappa shape index (κ3) is 3.47. The van der Waals surface area contributed by atoms with E-state index in [1.807, 2.05) is 42.5 Å². The van der Waals surface area contributed by atoms with Gasteiger partial charge in [-0.25, -0.2) is 4.79 Å². The van der Waals surface area contributed by atoms with E-state index in [1.54, 1.807) is 18.3 Å². The molecule has 0 saturated heterocycles. The molecule has 0 bridgehead atoms. The zero-order valence-corrected chi connectivity index (χ0v) is 15.3. The van der Waals surface area contributed by atoms with E-state index in [2.05, 4.69) is 15.4 Å². The van der Waals surface area contributed by atoms with Crippen molar-refractivity contribution < 1.29 is 14.3 Å². The number of carbonyl (C=O) groups is 2. The van der Waals surface area contributed by atoms with Gasteiger partial charge in [0.05, 0.1) is 18.7 Å². The summed E-state index contributed by atoms with van der Waals surface area (Å²) in [7, 11) is 1.19. The van der Waals surface area contributed by atoms with Crippen LogP contribution < -0.4 is 10.6 Å². The van der Waals surface area contributed by atoms with Crippen LogP contribution in [0.5, 0.6) is 0 Å². The minimum absolute atomic E-state index is 0.321. The molecule has 1 aliphatic rings. The normalized spacial score (nSPS) is 16.9. The molecule has 1 aromatic heterocycles. The highest BCUT2D eigenvalue weighted by Gasteiger charge is 2.34. The van der Waals surface area contributed by atoms with Crippen LogP contribution in [-0.2, 0) is 14.3 Å². The minimum atomic E-state index is -0.893. The van der Waals surface area contributed by atoms with Crippen molar-refractivity contribution in [2.24, 2.45) is 0 Å². The Bertz CT molecular complexity index is 871. The number of ketones is 1. The van der Waals surface area contributed by atoms with Crippen molar-refractivity contribution in [3.05, 3.63) is 58.6 Å². The summed E-state index contributed by atoms with van der Waals surface area (Å²) in [5.41, 5.74) is 1.97. The lowest BCUT2D eigenvalue weighted by Gasteiger charge is -2.28. The number of allylic oxidation sites excluding steroid dienone is 1. The molecule has 1 aromatic carbocycles. The van der Waals surface area contributed by atoms with Gasteiger partial charge in [-0.3, -0.25) is 4.79 Å². The molecule has 7 heteroatoms. The van der Waals surface area contributed by atoms with E-state index in [1.165, 1.54) is 7.11 Å². The van der Waals surface area contributed by atoms with E-state index in [-0.39, 0.29) is 0 Å². The number of esters is 1. The molecule has 1 atom stereocenters. The van der Waals surface area contributed by atoms with Gasteiger partial charge in [-0.15, -0.1) is 11.3 Å². The molecular weight excluding hydrogens is 356 g/mol. The van der Waals surface area contributed by atoms with Gasteiger partial charge in [-0.2, -0.15) is 0 Å². The summed E-state index contributed by atoms with van der Waals surface area (Å²) in [5, 5.41) is 6.40. The molecule has 0 saturated carbocycles. The Morgan fingerprint density at radius 1 is 1.16 bits per heavy atom. The molecule has 1 aliphatic heterocycles. The average Bonchev–Trinajstić information content (AvgIpc) is 3.10. The number of rotatable bonds is 4. The summed E-state index contributed by atoms with van der Waals surface area (Å²) < 4.78 is 4.59. The van der Waals surface area contributed by atoms with Gasteiger partial charge < -0.3 is 15.4 Å². The molecule has 0 radical (unpaired) electrons. The van der Waals surface area contributed by atoms with Gasteiger partial charge in [0.2, 0.25) is 0 Å². The first-order chi connectivity index (χ1) is 12.0. The van der Waals surface area contributed by atoms with Gasteiger partial charge in [-0.05, 0) is 36.8 Å². The molecule has 0 amide bonds. The maximum Gasteiger partial charge on any atom is 0.379 e.